The van der Waals surface area contributed by atoms with E-state index >= 15 is 0 Å². The summed E-state index contributed by atoms with van der Waals surface area (Å²) in [6.45, 7) is 5.78. The van der Waals surface area contributed by atoms with E-state index in [0.29, 0.717) is 11.1 Å². The van der Waals surface area contributed by atoms with Crippen LogP contribution in [0.1, 0.15) is 38.8 Å². The zero-order chi connectivity index (χ0) is 30.0. The molecule has 218 valence electrons. The highest BCUT2D eigenvalue weighted by Crippen LogP contribution is 2.28. The third kappa shape index (κ3) is 10.6. The second-order valence-electron chi connectivity index (χ2n) is 9.74. The van der Waals surface area contributed by atoms with E-state index < -0.39 is 41.6 Å². The van der Waals surface area contributed by atoms with Gasteiger partial charge in [-0.3, -0.25) is 14.4 Å². The minimum atomic E-state index is -1.22. The smallest absolute Gasteiger partial charge is 0.508 e. The molecule has 0 fully saturated rings. The molecular weight excluding hydrogens is 565 g/mol. The van der Waals surface area contributed by atoms with Crippen molar-refractivity contribution in [3.8, 4) is 5.75 Å². The van der Waals surface area contributed by atoms with Gasteiger partial charge in [0.05, 0.1) is 13.7 Å². The number of benzene rings is 2. The molecule has 0 aliphatic rings. The molecule has 3 N–H and O–H groups in total. The fourth-order valence-electron chi connectivity index (χ4n) is 3.35. The van der Waals surface area contributed by atoms with Gasteiger partial charge in [-0.1, -0.05) is 41.4 Å². The summed E-state index contributed by atoms with van der Waals surface area (Å²) in [5.41, 5.74) is 0.0803. The van der Waals surface area contributed by atoms with Crippen LogP contribution in [-0.4, -0.2) is 65.4 Å². The minimum absolute atomic E-state index is 0.0189. The van der Waals surface area contributed by atoms with Gasteiger partial charge in [0.1, 0.15) is 30.0 Å². The fraction of sp³-hybridized carbons (Fsp3) is 0.407. The number of rotatable bonds is 11. The Labute approximate surface area is 242 Å². The molecule has 2 aromatic rings. The molecule has 11 nitrogen and oxygen atoms in total. The standard InChI is InChI=1S/C27H33Cl2N3O8/c1-16(24(35)30-14-23(34)38-5)31-25(36)22(13-17-9-11-18(33)12-10-17)32(40-26(37)39-27(2,3)4)15-19-20(28)7-6-8-21(19)29/h6-12,16,22,33H,13-15H2,1-5H3,(H,30,35)(H,31,36)/t16-,22+/m1/s1. The van der Waals surface area contributed by atoms with Crippen molar-refractivity contribution in [3.63, 3.8) is 0 Å². The van der Waals surface area contributed by atoms with E-state index in [2.05, 4.69) is 15.4 Å². The van der Waals surface area contributed by atoms with E-state index in [4.69, 9.17) is 32.8 Å². The van der Waals surface area contributed by atoms with E-state index in [1.807, 2.05) is 0 Å². The van der Waals surface area contributed by atoms with Gasteiger partial charge in [-0.2, -0.15) is 0 Å². The first kappa shape index (κ1) is 32.7. The summed E-state index contributed by atoms with van der Waals surface area (Å²) in [5, 5.41) is 16.2. The molecule has 40 heavy (non-hydrogen) atoms. The van der Waals surface area contributed by atoms with Crippen LogP contribution < -0.4 is 10.6 Å². The molecule has 2 atom stereocenters. The van der Waals surface area contributed by atoms with Crippen molar-refractivity contribution in [3.05, 3.63) is 63.6 Å². The Morgan fingerprint density at radius 3 is 2.15 bits per heavy atom. The first-order chi connectivity index (χ1) is 18.7. The van der Waals surface area contributed by atoms with Crippen LogP contribution in [0.2, 0.25) is 10.0 Å². The number of carbonyl (C=O) groups excluding carboxylic acids is 4. The number of amides is 2. The molecule has 0 bridgehead atoms. The molecule has 2 amide bonds. The predicted molar refractivity (Wildman–Crippen MR) is 148 cm³/mol. The summed E-state index contributed by atoms with van der Waals surface area (Å²) in [7, 11) is 1.18. The molecule has 0 radical (unpaired) electrons. The number of halogens is 2. The molecule has 2 aromatic carbocycles. The van der Waals surface area contributed by atoms with Crippen molar-refractivity contribution in [1.82, 2.24) is 15.7 Å². The van der Waals surface area contributed by atoms with Crippen LogP contribution in [0.5, 0.6) is 5.75 Å². The largest absolute Gasteiger partial charge is 0.528 e. The summed E-state index contributed by atoms with van der Waals surface area (Å²) >= 11 is 12.7. The molecule has 0 aliphatic carbocycles. The maximum atomic E-state index is 13.6. The van der Waals surface area contributed by atoms with Gasteiger partial charge in [-0.05, 0) is 57.5 Å². The van der Waals surface area contributed by atoms with E-state index in [1.54, 1.807) is 51.1 Å². The number of aromatic hydroxyl groups is 1. The zero-order valence-corrected chi connectivity index (χ0v) is 24.3. The van der Waals surface area contributed by atoms with Crippen molar-refractivity contribution in [1.29, 1.82) is 0 Å². The third-order valence-electron chi connectivity index (χ3n) is 5.36. The lowest BCUT2D eigenvalue weighted by Crippen LogP contribution is -2.54. The number of nitrogens with one attached hydrogen (secondary N) is 2. The number of carbonyl (C=O) groups is 4. The molecule has 0 saturated heterocycles. The van der Waals surface area contributed by atoms with Crippen molar-refractivity contribution in [2.45, 2.75) is 58.3 Å². The van der Waals surface area contributed by atoms with Gasteiger partial charge in [0.2, 0.25) is 11.8 Å². The summed E-state index contributed by atoms with van der Waals surface area (Å²) in [6, 6.07) is 8.60. The number of hydrogen-bond acceptors (Lipinski definition) is 9. The molecule has 0 unspecified atom stereocenters. The highest BCUT2D eigenvalue weighted by molar-refractivity contribution is 6.36. The highest BCUT2D eigenvalue weighted by atomic mass is 35.5. The SMILES string of the molecule is COC(=O)CNC(=O)[C@@H](C)NC(=O)[C@H](Cc1ccc(O)cc1)N(Cc1c(Cl)cccc1Cl)OC(=O)OC(C)(C)C. The number of esters is 1. The topological polar surface area (TPSA) is 144 Å². The van der Waals surface area contributed by atoms with Crippen LogP contribution in [0.15, 0.2) is 42.5 Å². The Balaban J connectivity index is 2.44. The number of methoxy groups -OCH3 is 1. The van der Waals surface area contributed by atoms with Gasteiger partial charge in [-0.25, -0.2) is 4.79 Å². The second-order valence-corrected chi connectivity index (χ2v) is 10.6. The highest BCUT2D eigenvalue weighted by Gasteiger charge is 2.34. The Morgan fingerprint density at radius 1 is 1.00 bits per heavy atom. The van der Waals surface area contributed by atoms with Crippen LogP contribution in [0.25, 0.3) is 0 Å². The molecule has 13 heteroatoms. The quantitative estimate of drug-likeness (QED) is 0.260. The van der Waals surface area contributed by atoms with Crippen molar-refractivity contribution in [2.24, 2.45) is 0 Å². The van der Waals surface area contributed by atoms with Gasteiger partial charge >= 0.3 is 12.1 Å². The Hall–Kier alpha value is -3.54. The van der Waals surface area contributed by atoms with Crippen LogP contribution >= 0.6 is 23.2 Å². The Kier molecular flexibility index (Phi) is 12.0. The lowest BCUT2D eigenvalue weighted by molar-refractivity contribution is -0.179. The summed E-state index contributed by atoms with van der Waals surface area (Å²) < 4.78 is 9.81. The van der Waals surface area contributed by atoms with Gasteiger partial charge in [-0.15, -0.1) is 5.06 Å². The number of ether oxygens (including phenoxy) is 2. The van der Waals surface area contributed by atoms with Gasteiger partial charge in [0.15, 0.2) is 0 Å². The maximum Gasteiger partial charge on any atom is 0.528 e. The predicted octanol–water partition coefficient (Wildman–Crippen LogP) is 3.77. The average molecular weight is 598 g/mol. The zero-order valence-electron chi connectivity index (χ0n) is 22.8. The van der Waals surface area contributed by atoms with E-state index in [9.17, 15) is 24.3 Å². The van der Waals surface area contributed by atoms with Crippen molar-refractivity contribution < 1.29 is 38.6 Å². The molecule has 2 rings (SSSR count). The van der Waals surface area contributed by atoms with Gasteiger partial charge < -0.3 is 30.1 Å². The van der Waals surface area contributed by atoms with E-state index in [0.717, 1.165) is 5.06 Å². The monoisotopic (exact) mass is 597 g/mol. The molecule has 0 heterocycles. The molecule has 0 aromatic heterocycles. The summed E-state index contributed by atoms with van der Waals surface area (Å²) in [4.78, 5) is 55.8. The van der Waals surface area contributed by atoms with Crippen LogP contribution in [0.3, 0.4) is 0 Å². The molecule has 0 aliphatic heterocycles. The lowest BCUT2D eigenvalue weighted by atomic mass is 10.0. The molecular formula is C27H33Cl2N3O8. The second kappa shape index (κ2) is 14.7. The van der Waals surface area contributed by atoms with Gasteiger partial charge in [0, 0.05) is 22.0 Å². The van der Waals surface area contributed by atoms with E-state index in [1.165, 1.54) is 26.2 Å². The Morgan fingerprint density at radius 2 is 1.60 bits per heavy atom. The van der Waals surface area contributed by atoms with Crippen LogP contribution in [-0.2, 0) is 41.7 Å². The molecule has 0 saturated carbocycles. The number of phenolic OH excluding ortho intramolecular Hbond substituents is 1. The summed E-state index contributed by atoms with van der Waals surface area (Å²) in [6.07, 6.45) is -1.10. The fourth-order valence-corrected chi connectivity index (χ4v) is 3.87. The number of nitrogens with zero attached hydrogens (tertiary/aromatic N) is 1. The maximum absolute atomic E-state index is 13.6. The average Bonchev–Trinajstić information content (AvgIpc) is 2.87. The Bertz CT molecular complexity index is 1180. The minimum Gasteiger partial charge on any atom is -0.508 e. The summed E-state index contributed by atoms with van der Waals surface area (Å²) in [5.74, 6) is -1.98. The molecule has 0 spiro atoms. The first-order valence-corrected chi connectivity index (χ1v) is 13.0. The van der Waals surface area contributed by atoms with Crippen molar-refractivity contribution in [2.75, 3.05) is 13.7 Å². The normalized spacial score (nSPS) is 12.7. The van der Waals surface area contributed by atoms with Crippen molar-refractivity contribution >= 4 is 47.1 Å². The third-order valence-corrected chi connectivity index (χ3v) is 6.07. The van der Waals surface area contributed by atoms with Crippen LogP contribution in [0, 0.1) is 0 Å². The lowest BCUT2D eigenvalue weighted by Gasteiger charge is -2.31. The van der Waals surface area contributed by atoms with E-state index in [-0.39, 0.29) is 35.3 Å². The number of phenols is 1. The van der Waals surface area contributed by atoms with Crippen LogP contribution in [0.4, 0.5) is 4.79 Å². The number of hydrogen-bond donors (Lipinski definition) is 3. The number of hydroxylamine groups is 2. The van der Waals surface area contributed by atoms with Gasteiger partial charge in [0.25, 0.3) is 0 Å². The first-order valence-electron chi connectivity index (χ1n) is 12.2.